The molecular weight excluding hydrogens is 469 g/mol. The third kappa shape index (κ3) is 6.05. The molecule has 0 aliphatic carbocycles. The Balaban J connectivity index is 0.00000280. The van der Waals surface area contributed by atoms with Gasteiger partial charge in [0.25, 0.3) is 0 Å². The molecule has 2 N–H and O–H groups in total. The zero-order chi connectivity index (χ0) is 19.1. The molecule has 1 aromatic rings. The number of aliphatic imine (C=N–C) groups is 1. The lowest BCUT2D eigenvalue weighted by molar-refractivity contribution is -0.121. The number of guanidine groups is 1. The number of hydrogen-bond acceptors (Lipinski definition) is 4. The van der Waals surface area contributed by atoms with E-state index in [1.165, 1.54) is 19.3 Å². The van der Waals surface area contributed by atoms with Crippen molar-refractivity contribution in [3.05, 3.63) is 11.6 Å². The summed E-state index contributed by atoms with van der Waals surface area (Å²) in [6, 6.07) is 0. The van der Waals surface area contributed by atoms with Gasteiger partial charge in [-0.2, -0.15) is 0 Å². The summed E-state index contributed by atoms with van der Waals surface area (Å²) in [5.74, 6) is 3.79. The van der Waals surface area contributed by atoms with Crippen molar-refractivity contribution >= 4 is 35.8 Å². The second-order valence-corrected chi connectivity index (χ2v) is 7.53. The van der Waals surface area contributed by atoms with Gasteiger partial charge in [-0.25, -0.2) is 0 Å². The summed E-state index contributed by atoms with van der Waals surface area (Å²) in [6.45, 7) is 3.75. The van der Waals surface area contributed by atoms with Gasteiger partial charge in [-0.15, -0.1) is 34.2 Å². The van der Waals surface area contributed by atoms with Gasteiger partial charge in [0.15, 0.2) is 5.96 Å². The van der Waals surface area contributed by atoms with E-state index < -0.39 is 0 Å². The molecule has 0 saturated carbocycles. The molecule has 2 aliphatic heterocycles. The summed E-state index contributed by atoms with van der Waals surface area (Å²) < 4.78 is 2.31. The van der Waals surface area contributed by atoms with E-state index in [-0.39, 0.29) is 29.9 Å². The predicted octanol–water partition coefficient (Wildman–Crippen LogP) is 1.59. The normalized spacial score (nSPS) is 18.1. The van der Waals surface area contributed by atoms with E-state index in [0.29, 0.717) is 12.3 Å². The number of fused-ring (bicyclic) bond motifs is 1. The molecule has 1 amide bonds. The molecule has 2 aliphatic rings. The summed E-state index contributed by atoms with van der Waals surface area (Å²) in [4.78, 5) is 18.3. The van der Waals surface area contributed by atoms with Gasteiger partial charge in [0.1, 0.15) is 11.6 Å². The van der Waals surface area contributed by atoms with Crippen molar-refractivity contribution in [3.8, 4) is 0 Å². The van der Waals surface area contributed by atoms with Crippen LogP contribution in [0.4, 0.5) is 0 Å². The Morgan fingerprint density at radius 2 is 1.96 bits per heavy atom. The van der Waals surface area contributed by atoms with Crippen LogP contribution in [0.2, 0.25) is 0 Å². The highest BCUT2D eigenvalue weighted by Gasteiger charge is 2.23. The van der Waals surface area contributed by atoms with Crippen molar-refractivity contribution < 1.29 is 4.79 Å². The van der Waals surface area contributed by atoms with Crippen LogP contribution in [0.1, 0.15) is 50.2 Å². The van der Waals surface area contributed by atoms with Crippen molar-refractivity contribution in [2.45, 2.75) is 57.9 Å². The summed E-state index contributed by atoms with van der Waals surface area (Å²) >= 11 is 0. The fourth-order valence-electron chi connectivity index (χ4n) is 4.06. The van der Waals surface area contributed by atoms with E-state index in [0.717, 1.165) is 69.5 Å². The van der Waals surface area contributed by atoms with E-state index in [2.05, 4.69) is 35.3 Å². The number of aryl methyl sites for hydroxylation is 1. The largest absolute Gasteiger partial charge is 0.359 e. The number of amides is 1. The quantitative estimate of drug-likeness (QED) is 0.362. The predicted molar refractivity (Wildman–Crippen MR) is 121 cm³/mol. The van der Waals surface area contributed by atoms with Gasteiger partial charge in [0.2, 0.25) is 5.91 Å². The molecule has 3 heterocycles. The van der Waals surface area contributed by atoms with Crippen LogP contribution in [0.15, 0.2) is 4.99 Å². The molecule has 0 unspecified atom stereocenters. The summed E-state index contributed by atoms with van der Waals surface area (Å²) in [5.41, 5.74) is 0. The lowest BCUT2D eigenvalue weighted by atomic mass is 9.93. The first-order valence-corrected chi connectivity index (χ1v) is 10.3. The van der Waals surface area contributed by atoms with Crippen LogP contribution in [-0.2, 0) is 24.2 Å². The first kappa shape index (κ1) is 22.9. The average molecular weight is 503 g/mol. The number of halogens is 1. The van der Waals surface area contributed by atoms with Gasteiger partial charge in [0, 0.05) is 59.5 Å². The Kier molecular flexibility index (Phi) is 9.46. The number of carbonyl (C=O) groups excluding carboxylic acids is 1. The Morgan fingerprint density at radius 3 is 2.68 bits per heavy atom. The number of likely N-dealkylation sites (tertiary alicyclic amines) is 1. The van der Waals surface area contributed by atoms with Crippen molar-refractivity contribution in [1.82, 2.24) is 30.3 Å². The minimum atomic E-state index is 0. The second-order valence-electron chi connectivity index (χ2n) is 7.53. The van der Waals surface area contributed by atoms with E-state index in [1.807, 2.05) is 7.05 Å². The second kappa shape index (κ2) is 11.6. The van der Waals surface area contributed by atoms with E-state index in [4.69, 9.17) is 0 Å². The molecular formula is C19H34IN7O. The lowest BCUT2D eigenvalue weighted by Crippen LogP contribution is -2.46. The Hall–Kier alpha value is -1.39. The highest BCUT2D eigenvalue weighted by atomic mass is 127. The van der Waals surface area contributed by atoms with Gasteiger partial charge < -0.3 is 20.1 Å². The number of hydrogen-bond donors (Lipinski definition) is 2. The van der Waals surface area contributed by atoms with Gasteiger partial charge >= 0.3 is 0 Å². The Bertz CT molecular complexity index is 653. The molecule has 9 heteroatoms. The van der Waals surface area contributed by atoms with Crippen LogP contribution in [0.25, 0.3) is 0 Å². The number of nitrogens with one attached hydrogen (secondary N) is 2. The van der Waals surface area contributed by atoms with Crippen molar-refractivity contribution in [2.75, 3.05) is 33.7 Å². The third-order valence-electron chi connectivity index (χ3n) is 5.70. The van der Waals surface area contributed by atoms with E-state index in [1.54, 1.807) is 7.05 Å². The zero-order valence-corrected chi connectivity index (χ0v) is 19.4. The fraction of sp³-hybridized carbons (Fsp3) is 0.789. The third-order valence-corrected chi connectivity index (χ3v) is 5.70. The van der Waals surface area contributed by atoms with Crippen molar-refractivity contribution in [3.63, 3.8) is 0 Å². The minimum absolute atomic E-state index is 0. The maximum absolute atomic E-state index is 11.6. The van der Waals surface area contributed by atoms with E-state index in [9.17, 15) is 4.79 Å². The number of piperidine rings is 1. The molecule has 8 nitrogen and oxygen atoms in total. The van der Waals surface area contributed by atoms with Crippen molar-refractivity contribution in [2.24, 2.45) is 10.9 Å². The standard InChI is InChI=1S/C19H33N7O.HI/c1-20-18(27)14-15-8-12-25(13-9-15)19(21-2)22-10-7-17-24-23-16-6-4-3-5-11-26(16)17;/h15H,3-14H2,1-2H3,(H,20,27)(H,21,22);1H. The maximum Gasteiger partial charge on any atom is 0.220 e. The Morgan fingerprint density at radius 1 is 1.18 bits per heavy atom. The average Bonchev–Trinajstić information content (AvgIpc) is 2.92. The monoisotopic (exact) mass is 503 g/mol. The van der Waals surface area contributed by atoms with Crippen LogP contribution >= 0.6 is 24.0 Å². The number of carbonyl (C=O) groups is 1. The van der Waals surface area contributed by atoms with Gasteiger partial charge in [-0.1, -0.05) is 6.42 Å². The van der Waals surface area contributed by atoms with E-state index >= 15 is 0 Å². The Labute approximate surface area is 185 Å². The molecule has 0 atom stereocenters. The number of nitrogens with zero attached hydrogens (tertiary/aromatic N) is 5. The highest BCUT2D eigenvalue weighted by molar-refractivity contribution is 14.0. The number of rotatable bonds is 5. The highest BCUT2D eigenvalue weighted by Crippen LogP contribution is 2.20. The fourth-order valence-corrected chi connectivity index (χ4v) is 4.06. The molecule has 0 bridgehead atoms. The number of aromatic nitrogens is 3. The molecule has 1 saturated heterocycles. The maximum atomic E-state index is 11.6. The SMILES string of the molecule is CN=C(NCCc1nnc2n1CCCCC2)N1CCC(CC(=O)NC)CC1.I. The molecule has 1 fully saturated rings. The van der Waals surface area contributed by atoms with Gasteiger partial charge in [-0.05, 0) is 31.6 Å². The summed E-state index contributed by atoms with van der Waals surface area (Å²) in [5, 5.41) is 15.0. The smallest absolute Gasteiger partial charge is 0.220 e. The molecule has 0 spiro atoms. The molecule has 1 aromatic heterocycles. The molecule has 0 aromatic carbocycles. The van der Waals surface area contributed by atoms with Crippen LogP contribution in [-0.4, -0.2) is 65.3 Å². The van der Waals surface area contributed by atoms with Crippen molar-refractivity contribution in [1.29, 1.82) is 0 Å². The van der Waals surface area contributed by atoms with Crippen LogP contribution < -0.4 is 10.6 Å². The van der Waals surface area contributed by atoms with Crippen LogP contribution in [0.5, 0.6) is 0 Å². The van der Waals surface area contributed by atoms with Gasteiger partial charge in [0.05, 0.1) is 0 Å². The first-order chi connectivity index (χ1) is 13.2. The molecule has 28 heavy (non-hydrogen) atoms. The topological polar surface area (TPSA) is 87.4 Å². The first-order valence-electron chi connectivity index (χ1n) is 10.3. The van der Waals surface area contributed by atoms with Crippen LogP contribution in [0, 0.1) is 5.92 Å². The molecule has 158 valence electrons. The molecule has 3 rings (SSSR count). The summed E-state index contributed by atoms with van der Waals surface area (Å²) in [7, 11) is 3.54. The summed E-state index contributed by atoms with van der Waals surface area (Å²) in [6.07, 6.45) is 8.33. The van der Waals surface area contributed by atoms with Crippen LogP contribution in [0.3, 0.4) is 0 Å². The lowest BCUT2D eigenvalue weighted by Gasteiger charge is -2.34. The molecule has 0 radical (unpaired) electrons. The minimum Gasteiger partial charge on any atom is -0.359 e. The van der Waals surface area contributed by atoms with Gasteiger partial charge in [-0.3, -0.25) is 9.79 Å². The zero-order valence-electron chi connectivity index (χ0n) is 17.1.